The number of ether oxygens (including phenoxy) is 2. The van der Waals surface area contributed by atoms with E-state index in [1.165, 1.54) is 6.07 Å². The first kappa shape index (κ1) is 21.0. The van der Waals surface area contributed by atoms with Gasteiger partial charge in [-0.1, -0.05) is 0 Å². The molecule has 164 valence electrons. The fourth-order valence-corrected chi connectivity index (χ4v) is 4.48. The number of piperidine rings is 1. The van der Waals surface area contributed by atoms with Gasteiger partial charge in [0.05, 0.1) is 23.7 Å². The number of nitro groups is 1. The number of hydrogen-bond acceptors (Lipinski definition) is 6. The Morgan fingerprint density at radius 1 is 1.16 bits per heavy atom. The van der Waals surface area contributed by atoms with Crippen molar-refractivity contribution in [2.45, 2.75) is 58.2 Å². The van der Waals surface area contributed by atoms with E-state index in [1.807, 2.05) is 19.9 Å². The molecule has 0 bridgehead atoms. The lowest BCUT2D eigenvalue weighted by molar-refractivity contribution is -0.386. The number of likely N-dealkylation sites (tertiary alicyclic amines) is 1. The Bertz CT molecular complexity index is 1140. The van der Waals surface area contributed by atoms with Gasteiger partial charge in [0, 0.05) is 28.9 Å². The summed E-state index contributed by atoms with van der Waals surface area (Å²) in [6, 6.07) is 8.64. The van der Waals surface area contributed by atoms with E-state index >= 15 is 0 Å². The van der Waals surface area contributed by atoms with Crippen LogP contribution in [0.5, 0.6) is 5.75 Å². The number of methoxy groups -OCH3 is 1. The van der Waals surface area contributed by atoms with Gasteiger partial charge in [0.1, 0.15) is 23.0 Å². The lowest BCUT2D eigenvalue weighted by Gasteiger charge is -2.38. The minimum atomic E-state index is -0.790. The zero-order chi connectivity index (χ0) is 22.3. The normalized spacial score (nSPS) is 20.1. The van der Waals surface area contributed by atoms with Crippen molar-refractivity contribution in [3.63, 3.8) is 0 Å². The highest BCUT2D eigenvalue weighted by molar-refractivity contribution is 6.06. The van der Waals surface area contributed by atoms with Gasteiger partial charge in [-0.15, -0.1) is 0 Å². The molecule has 1 unspecified atom stereocenters. The quantitative estimate of drug-likeness (QED) is 0.377. The Hall–Kier alpha value is -3.29. The van der Waals surface area contributed by atoms with Crippen LogP contribution in [0, 0.1) is 10.1 Å². The van der Waals surface area contributed by atoms with E-state index in [0.717, 1.165) is 30.0 Å². The Kier molecular flexibility index (Phi) is 5.47. The smallest absolute Gasteiger partial charge is 0.410 e. The van der Waals surface area contributed by atoms with Crippen molar-refractivity contribution in [3.05, 3.63) is 46.0 Å². The third-order valence-electron chi connectivity index (χ3n) is 6.14. The highest BCUT2D eigenvalue weighted by atomic mass is 16.6. The third-order valence-corrected chi connectivity index (χ3v) is 6.14. The number of fused-ring (bicyclic) bond motifs is 3. The first-order chi connectivity index (χ1) is 14.8. The minimum absolute atomic E-state index is 0.0775. The number of amides is 1. The number of carbonyl (C=O) groups is 1. The zero-order valence-electron chi connectivity index (χ0n) is 18.1. The van der Waals surface area contributed by atoms with Crippen LogP contribution in [0.25, 0.3) is 21.9 Å². The largest absolute Gasteiger partial charge is 0.497 e. The van der Waals surface area contributed by atoms with Crippen molar-refractivity contribution in [3.8, 4) is 5.75 Å². The van der Waals surface area contributed by atoms with Gasteiger partial charge in [-0.3, -0.25) is 10.1 Å². The second kappa shape index (κ2) is 8.09. The number of rotatable bonds is 4. The Morgan fingerprint density at radius 3 is 2.48 bits per heavy atom. The second-order valence-electron chi connectivity index (χ2n) is 8.19. The molecule has 1 fully saturated rings. The van der Waals surface area contributed by atoms with Gasteiger partial charge < -0.3 is 18.8 Å². The second-order valence-corrected chi connectivity index (χ2v) is 8.19. The van der Waals surface area contributed by atoms with E-state index in [0.29, 0.717) is 22.5 Å². The zero-order valence-corrected chi connectivity index (χ0v) is 18.1. The van der Waals surface area contributed by atoms with Gasteiger partial charge in [-0.25, -0.2) is 4.79 Å². The lowest BCUT2D eigenvalue weighted by atomic mass is 9.98. The van der Waals surface area contributed by atoms with Gasteiger partial charge in [0.15, 0.2) is 0 Å². The fraction of sp³-hybridized carbons (Fsp3) is 0.435. The standard InChI is InChI=1S/C23H26N2O6/c1-13-6-5-7-14(2)24(13)23(26)30-15(3)18-11-19-17-9-8-16(29-4)10-21(17)31-22(19)12-20(18)25(27)28/h8-15H,5-7H2,1-4H3/t13-,14+,15?. The summed E-state index contributed by atoms with van der Waals surface area (Å²) < 4.78 is 16.8. The molecule has 1 saturated heterocycles. The molecule has 4 rings (SSSR count). The van der Waals surface area contributed by atoms with Gasteiger partial charge >= 0.3 is 6.09 Å². The highest BCUT2D eigenvalue weighted by Crippen LogP contribution is 2.38. The number of furan rings is 1. The van der Waals surface area contributed by atoms with Gasteiger partial charge in [0.2, 0.25) is 0 Å². The molecule has 3 aromatic rings. The summed E-state index contributed by atoms with van der Waals surface area (Å²) in [6.07, 6.45) is 1.68. The Morgan fingerprint density at radius 2 is 1.84 bits per heavy atom. The van der Waals surface area contributed by atoms with Crippen LogP contribution in [0.1, 0.15) is 51.7 Å². The summed E-state index contributed by atoms with van der Waals surface area (Å²) in [5.41, 5.74) is 1.16. The van der Waals surface area contributed by atoms with E-state index in [2.05, 4.69) is 0 Å². The van der Waals surface area contributed by atoms with Crippen LogP contribution in [-0.2, 0) is 4.74 Å². The van der Waals surface area contributed by atoms with E-state index in [1.54, 1.807) is 37.1 Å². The van der Waals surface area contributed by atoms with Crippen molar-refractivity contribution in [2.75, 3.05) is 7.11 Å². The van der Waals surface area contributed by atoms with Crippen molar-refractivity contribution in [2.24, 2.45) is 0 Å². The minimum Gasteiger partial charge on any atom is -0.497 e. The summed E-state index contributed by atoms with van der Waals surface area (Å²) in [4.78, 5) is 25.9. The average Bonchev–Trinajstić information content (AvgIpc) is 3.09. The predicted octanol–water partition coefficient (Wildman–Crippen LogP) is 5.96. The van der Waals surface area contributed by atoms with E-state index in [9.17, 15) is 14.9 Å². The topological polar surface area (TPSA) is 95.0 Å². The predicted molar refractivity (Wildman–Crippen MR) is 116 cm³/mol. The first-order valence-corrected chi connectivity index (χ1v) is 10.5. The molecular weight excluding hydrogens is 400 g/mol. The maximum atomic E-state index is 12.9. The van der Waals surface area contributed by atoms with Crippen LogP contribution in [0.2, 0.25) is 0 Å². The van der Waals surface area contributed by atoms with Crippen LogP contribution >= 0.6 is 0 Å². The maximum absolute atomic E-state index is 12.9. The fourth-order valence-electron chi connectivity index (χ4n) is 4.48. The van der Waals surface area contributed by atoms with Gasteiger partial charge in [-0.2, -0.15) is 0 Å². The van der Waals surface area contributed by atoms with Crippen LogP contribution in [-0.4, -0.2) is 35.1 Å². The molecule has 0 aliphatic carbocycles. The van der Waals surface area contributed by atoms with E-state index in [-0.39, 0.29) is 17.8 Å². The third kappa shape index (κ3) is 3.78. The summed E-state index contributed by atoms with van der Waals surface area (Å²) in [5.74, 6) is 0.633. The Labute approximate surface area is 179 Å². The van der Waals surface area contributed by atoms with E-state index < -0.39 is 17.1 Å². The van der Waals surface area contributed by atoms with Crippen LogP contribution in [0.3, 0.4) is 0 Å². The molecule has 1 amide bonds. The lowest BCUT2D eigenvalue weighted by Crippen LogP contribution is -2.47. The molecule has 8 heteroatoms. The molecule has 0 radical (unpaired) electrons. The average molecular weight is 426 g/mol. The SMILES string of the molecule is COc1ccc2c(c1)oc1cc([N+](=O)[O-])c(C(C)OC(=O)N3[C@H](C)CCC[C@@H]3C)cc12. The monoisotopic (exact) mass is 426 g/mol. The summed E-state index contributed by atoms with van der Waals surface area (Å²) in [6.45, 7) is 5.67. The molecule has 1 aliphatic heterocycles. The summed E-state index contributed by atoms with van der Waals surface area (Å²) in [7, 11) is 1.56. The van der Waals surface area contributed by atoms with Crippen LogP contribution in [0.4, 0.5) is 10.5 Å². The van der Waals surface area contributed by atoms with E-state index in [4.69, 9.17) is 13.9 Å². The number of carbonyl (C=O) groups excluding carboxylic acids is 1. The maximum Gasteiger partial charge on any atom is 0.410 e. The molecule has 0 saturated carbocycles. The highest BCUT2D eigenvalue weighted by Gasteiger charge is 2.32. The molecular formula is C23H26N2O6. The molecule has 2 aromatic carbocycles. The molecule has 0 spiro atoms. The number of hydrogen-bond donors (Lipinski definition) is 0. The molecule has 3 atom stereocenters. The Balaban J connectivity index is 1.72. The van der Waals surface area contributed by atoms with Crippen molar-refractivity contribution >= 4 is 33.7 Å². The van der Waals surface area contributed by atoms with Crippen LogP contribution in [0.15, 0.2) is 34.7 Å². The molecule has 2 heterocycles. The van der Waals surface area contributed by atoms with Gasteiger partial charge in [-0.05, 0) is 58.2 Å². The molecule has 1 aromatic heterocycles. The summed E-state index contributed by atoms with van der Waals surface area (Å²) in [5, 5.41) is 13.3. The molecule has 31 heavy (non-hydrogen) atoms. The molecule has 8 nitrogen and oxygen atoms in total. The molecule has 0 N–H and O–H groups in total. The van der Waals surface area contributed by atoms with Crippen molar-refractivity contribution in [1.82, 2.24) is 4.90 Å². The summed E-state index contributed by atoms with van der Waals surface area (Å²) >= 11 is 0. The van der Waals surface area contributed by atoms with Gasteiger partial charge in [0.25, 0.3) is 5.69 Å². The molecule has 1 aliphatic rings. The van der Waals surface area contributed by atoms with Crippen LogP contribution < -0.4 is 4.74 Å². The van der Waals surface area contributed by atoms with Crippen molar-refractivity contribution < 1.29 is 23.6 Å². The van der Waals surface area contributed by atoms with Crippen molar-refractivity contribution in [1.29, 1.82) is 0 Å². The number of nitrogens with zero attached hydrogens (tertiary/aromatic N) is 2. The number of benzene rings is 2. The number of nitro benzene ring substituents is 1. The first-order valence-electron chi connectivity index (χ1n) is 10.5.